The van der Waals surface area contributed by atoms with E-state index in [2.05, 4.69) is 19.9 Å². The summed E-state index contributed by atoms with van der Waals surface area (Å²) in [7, 11) is -3.95. The Balaban J connectivity index is 1.59. The van der Waals surface area contributed by atoms with Crippen LogP contribution in [0, 0.1) is 17.8 Å². The summed E-state index contributed by atoms with van der Waals surface area (Å²) in [5, 5.41) is 16.2. The molecule has 2 heterocycles. The predicted octanol–water partition coefficient (Wildman–Crippen LogP) is 4.40. The van der Waals surface area contributed by atoms with E-state index >= 15 is 0 Å². The summed E-state index contributed by atoms with van der Waals surface area (Å²) in [5.41, 5.74) is 2.55. The number of aromatic nitrogens is 1. The van der Waals surface area contributed by atoms with Crippen molar-refractivity contribution in [3.63, 3.8) is 0 Å². The lowest BCUT2D eigenvalue weighted by atomic mass is 9.84. The van der Waals surface area contributed by atoms with Crippen LogP contribution in [-0.2, 0) is 37.4 Å². The van der Waals surface area contributed by atoms with Crippen LogP contribution in [0.1, 0.15) is 69.3 Å². The summed E-state index contributed by atoms with van der Waals surface area (Å²) in [6, 6.07) is 15.7. The molecule has 3 aromatic rings. The third-order valence-corrected chi connectivity index (χ3v) is 10.4. The van der Waals surface area contributed by atoms with Gasteiger partial charge >= 0.3 is 5.97 Å². The largest absolute Gasteiger partial charge is 0.481 e. The van der Waals surface area contributed by atoms with E-state index in [0.29, 0.717) is 12.1 Å². The maximum atomic E-state index is 13.9. The van der Waals surface area contributed by atoms with Crippen molar-refractivity contribution < 1.29 is 27.9 Å². The zero-order chi connectivity index (χ0) is 32.6. The Kier molecular flexibility index (Phi) is 11.8. The standard InChI is InChI=1S/C34H46N4O6S/c1-23(2)19-28(29(34(41)42)21-36-45(43,44)24(3)25-13-7-6-8-14-25)32(39)37-30-20-26-22-38(31-16-10-9-15-27(26)31)18-12-5-4-11-17-35-33(30)40/h6-10,13-16,22-24,28-30,36H,4-5,11-12,17-21H2,1-3H3,(H,35,40)(H,37,39)(H,41,42)/t24?,28-,29?,30?/m1/s1. The number of para-hydroxylation sites is 1. The first kappa shape index (κ1) is 34.2. The molecule has 0 radical (unpaired) electrons. The van der Waals surface area contributed by atoms with Gasteiger partial charge in [0.15, 0.2) is 0 Å². The van der Waals surface area contributed by atoms with Crippen molar-refractivity contribution in [2.75, 3.05) is 13.1 Å². The number of fused-ring (bicyclic) bond motifs is 5. The van der Waals surface area contributed by atoms with E-state index in [-0.39, 0.29) is 24.7 Å². The van der Waals surface area contributed by atoms with Crippen molar-refractivity contribution in [2.45, 2.75) is 77.1 Å². The highest BCUT2D eigenvalue weighted by Gasteiger charge is 2.37. The second-order valence-electron chi connectivity index (χ2n) is 12.5. The van der Waals surface area contributed by atoms with E-state index in [4.69, 9.17) is 0 Å². The van der Waals surface area contributed by atoms with Gasteiger partial charge in [0.2, 0.25) is 21.8 Å². The van der Waals surface area contributed by atoms with Crippen LogP contribution >= 0.6 is 0 Å². The van der Waals surface area contributed by atoms with Gasteiger partial charge in [-0.25, -0.2) is 13.1 Å². The fraction of sp³-hybridized carbons (Fsp3) is 0.500. The summed E-state index contributed by atoms with van der Waals surface area (Å²) in [4.78, 5) is 40.0. The Morgan fingerprint density at radius 2 is 1.67 bits per heavy atom. The number of carboxylic acid groups (broad SMARTS) is 1. The van der Waals surface area contributed by atoms with Crippen molar-refractivity contribution in [1.82, 2.24) is 19.9 Å². The maximum absolute atomic E-state index is 13.9. The van der Waals surface area contributed by atoms with Crippen molar-refractivity contribution in [2.24, 2.45) is 17.8 Å². The van der Waals surface area contributed by atoms with E-state index in [9.17, 15) is 27.9 Å². The summed E-state index contributed by atoms with van der Waals surface area (Å²) < 4.78 is 31.0. The molecule has 45 heavy (non-hydrogen) atoms. The zero-order valence-corrected chi connectivity index (χ0v) is 27.2. The molecule has 0 fully saturated rings. The number of hydrogen-bond acceptors (Lipinski definition) is 5. The number of aliphatic carboxylic acids is 1. The van der Waals surface area contributed by atoms with Crippen LogP contribution < -0.4 is 15.4 Å². The minimum absolute atomic E-state index is 0.0608. The molecule has 244 valence electrons. The van der Waals surface area contributed by atoms with Crippen LogP contribution in [0.25, 0.3) is 10.9 Å². The summed E-state index contributed by atoms with van der Waals surface area (Å²) >= 11 is 0. The molecule has 2 amide bonds. The van der Waals surface area contributed by atoms with Crippen LogP contribution in [0.15, 0.2) is 60.8 Å². The minimum Gasteiger partial charge on any atom is -0.481 e. The van der Waals surface area contributed by atoms with Gasteiger partial charge in [-0.1, -0.05) is 75.2 Å². The molecule has 3 unspecified atom stereocenters. The number of nitrogens with one attached hydrogen (secondary N) is 3. The van der Waals surface area contributed by atoms with E-state index < -0.39 is 51.6 Å². The molecular weight excluding hydrogens is 592 g/mol. The van der Waals surface area contributed by atoms with Crippen molar-refractivity contribution in [3.05, 3.63) is 71.9 Å². The number of aryl methyl sites for hydroxylation is 1. The Hall–Kier alpha value is -3.70. The first-order valence-electron chi connectivity index (χ1n) is 15.9. The Morgan fingerprint density at radius 1 is 0.978 bits per heavy atom. The van der Waals surface area contributed by atoms with E-state index in [1.165, 1.54) is 6.92 Å². The number of amides is 2. The quantitative estimate of drug-likeness (QED) is 0.245. The number of hydrogen-bond donors (Lipinski definition) is 4. The van der Waals surface area contributed by atoms with Crippen molar-refractivity contribution in [3.8, 4) is 0 Å². The van der Waals surface area contributed by atoms with Crippen LogP contribution in [0.2, 0.25) is 0 Å². The van der Waals surface area contributed by atoms with E-state index in [0.717, 1.165) is 48.7 Å². The molecule has 1 aliphatic heterocycles. The van der Waals surface area contributed by atoms with Gasteiger partial charge in [-0.3, -0.25) is 14.4 Å². The average molecular weight is 639 g/mol. The van der Waals surface area contributed by atoms with Gasteiger partial charge in [-0.05, 0) is 49.3 Å². The highest BCUT2D eigenvalue weighted by atomic mass is 32.2. The smallest absolute Gasteiger partial charge is 0.308 e. The molecule has 0 aliphatic carbocycles. The molecule has 4 rings (SSSR count). The predicted molar refractivity (Wildman–Crippen MR) is 175 cm³/mol. The third kappa shape index (κ3) is 8.94. The molecule has 11 heteroatoms. The Bertz CT molecular complexity index is 1570. The molecule has 1 aromatic heterocycles. The monoisotopic (exact) mass is 638 g/mol. The van der Waals surface area contributed by atoms with Gasteiger partial charge in [0.05, 0.1) is 17.1 Å². The molecule has 4 N–H and O–H groups in total. The van der Waals surface area contributed by atoms with Crippen LogP contribution in [-0.4, -0.2) is 55.0 Å². The Morgan fingerprint density at radius 3 is 2.38 bits per heavy atom. The minimum atomic E-state index is -3.95. The lowest BCUT2D eigenvalue weighted by molar-refractivity contribution is -0.147. The fourth-order valence-electron chi connectivity index (χ4n) is 6.07. The molecular formula is C34H46N4O6S. The molecule has 1 aliphatic rings. The van der Waals surface area contributed by atoms with E-state index in [1.54, 1.807) is 30.3 Å². The molecule has 2 aromatic carbocycles. The van der Waals surface area contributed by atoms with Gasteiger partial charge in [-0.15, -0.1) is 0 Å². The molecule has 4 atom stereocenters. The average Bonchev–Trinajstić information content (AvgIpc) is 3.36. The van der Waals surface area contributed by atoms with Crippen LogP contribution in [0.3, 0.4) is 0 Å². The van der Waals surface area contributed by atoms with Crippen molar-refractivity contribution >= 4 is 38.7 Å². The molecule has 0 saturated carbocycles. The normalized spacial score (nSPS) is 18.6. The van der Waals surface area contributed by atoms with Gasteiger partial charge in [0, 0.05) is 43.2 Å². The lowest BCUT2D eigenvalue weighted by Crippen LogP contribution is -2.52. The SMILES string of the molecule is CC(C)C[C@@H](C(=O)NC1Cc2cn(c3ccccc23)CCCCCCNC1=O)C(CNS(=O)(=O)C(C)c1ccccc1)C(=O)O. The zero-order valence-electron chi connectivity index (χ0n) is 26.4. The molecule has 2 bridgehead atoms. The second kappa shape index (κ2) is 15.5. The molecule has 10 nitrogen and oxygen atoms in total. The third-order valence-electron chi connectivity index (χ3n) is 8.66. The maximum Gasteiger partial charge on any atom is 0.308 e. The summed E-state index contributed by atoms with van der Waals surface area (Å²) in [5.74, 6) is -4.67. The lowest BCUT2D eigenvalue weighted by Gasteiger charge is -2.28. The number of benzene rings is 2. The molecule has 0 spiro atoms. The first-order valence-corrected chi connectivity index (χ1v) is 17.4. The summed E-state index contributed by atoms with van der Waals surface area (Å²) in [6.45, 7) is 6.17. The van der Waals surface area contributed by atoms with Gasteiger partial charge < -0.3 is 20.3 Å². The van der Waals surface area contributed by atoms with Crippen LogP contribution in [0.5, 0.6) is 0 Å². The van der Waals surface area contributed by atoms with Gasteiger partial charge in [0.1, 0.15) is 6.04 Å². The number of carbonyl (C=O) groups excluding carboxylic acids is 2. The number of carboxylic acids is 1. The van der Waals surface area contributed by atoms with Gasteiger partial charge in [0.25, 0.3) is 0 Å². The molecule has 0 saturated heterocycles. The van der Waals surface area contributed by atoms with E-state index in [1.807, 2.05) is 44.3 Å². The highest BCUT2D eigenvalue weighted by Crippen LogP contribution is 2.27. The fourth-order valence-corrected chi connectivity index (χ4v) is 7.25. The Labute approximate surface area is 266 Å². The number of rotatable bonds is 11. The van der Waals surface area contributed by atoms with Crippen LogP contribution in [0.4, 0.5) is 0 Å². The number of nitrogens with zero attached hydrogens (tertiary/aromatic N) is 1. The summed E-state index contributed by atoms with van der Waals surface area (Å²) in [6.07, 6.45) is 6.34. The van der Waals surface area contributed by atoms with Crippen molar-refractivity contribution in [1.29, 1.82) is 0 Å². The van der Waals surface area contributed by atoms with Gasteiger partial charge in [-0.2, -0.15) is 0 Å². The number of sulfonamides is 1. The second-order valence-corrected chi connectivity index (χ2v) is 14.5. The topological polar surface area (TPSA) is 147 Å². The first-order chi connectivity index (χ1) is 21.5. The number of carbonyl (C=O) groups is 3. The highest BCUT2D eigenvalue weighted by molar-refractivity contribution is 7.89.